The molecule has 1 aliphatic heterocycles. The van der Waals surface area contributed by atoms with E-state index in [4.69, 9.17) is 11.6 Å². The van der Waals surface area contributed by atoms with Crippen molar-refractivity contribution >= 4 is 17.5 Å². The summed E-state index contributed by atoms with van der Waals surface area (Å²) in [6, 6.07) is 17.4. The van der Waals surface area contributed by atoms with Gasteiger partial charge in [0.25, 0.3) is 5.56 Å². The largest absolute Gasteiger partial charge is 0.336 e. The fourth-order valence-electron chi connectivity index (χ4n) is 3.57. The average Bonchev–Trinajstić information content (AvgIpc) is 2.75. The molecule has 1 aromatic heterocycles. The molecule has 4 rings (SSSR count). The van der Waals surface area contributed by atoms with Crippen LogP contribution in [-0.2, 0) is 24.2 Å². The van der Waals surface area contributed by atoms with E-state index >= 15 is 0 Å². The van der Waals surface area contributed by atoms with Crippen LogP contribution >= 0.6 is 11.6 Å². The number of hydrogen-bond acceptors (Lipinski definition) is 3. The first kappa shape index (κ1) is 19.4. The third-order valence-electron chi connectivity index (χ3n) is 5.23. The van der Waals surface area contributed by atoms with E-state index < -0.39 is 5.38 Å². The van der Waals surface area contributed by atoms with Gasteiger partial charge in [-0.3, -0.25) is 9.59 Å². The van der Waals surface area contributed by atoms with E-state index in [1.165, 1.54) is 5.56 Å². The predicted octanol–water partition coefficient (Wildman–Crippen LogP) is 3.53. The van der Waals surface area contributed by atoms with Gasteiger partial charge in [0.05, 0.1) is 17.8 Å². The number of carbonyl (C=O) groups excluding carboxylic acids is 1. The fraction of sp³-hybridized carbons (Fsp3) is 0.261. The lowest BCUT2D eigenvalue weighted by Gasteiger charge is -2.29. The van der Waals surface area contributed by atoms with Gasteiger partial charge >= 0.3 is 0 Å². The van der Waals surface area contributed by atoms with Crippen molar-refractivity contribution in [3.05, 3.63) is 98.7 Å². The number of rotatable bonds is 4. The maximum absolute atomic E-state index is 12.8. The fourth-order valence-corrected chi connectivity index (χ4v) is 3.86. The predicted molar refractivity (Wildman–Crippen MR) is 113 cm³/mol. The van der Waals surface area contributed by atoms with Crippen LogP contribution in [0.4, 0.5) is 0 Å². The molecule has 1 amide bonds. The van der Waals surface area contributed by atoms with E-state index in [0.717, 1.165) is 16.8 Å². The SMILES string of the molecule is Cc1ccc(Cc2nc3c(c(=O)[nH]2)CN(C(=O)[C@H](Cl)c2ccccc2)CC3)cc1. The number of amides is 1. The Bertz CT molecular complexity index is 1080. The number of halogens is 1. The van der Waals surface area contributed by atoms with Gasteiger partial charge in [-0.15, -0.1) is 11.6 Å². The maximum Gasteiger partial charge on any atom is 0.256 e. The molecule has 1 N–H and O–H groups in total. The quantitative estimate of drug-likeness (QED) is 0.673. The molecule has 1 atom stereocenters. The number of alkyl halides is 1. The van der Waals surface area contributed by atoms with Crippen molar-refractivity contribution in [1.29, 1.82) is 0 Å². The van der Waals surface area contributed by atoms with Crippen LogP contribution in [0.1, 0.15) is 39.1 Å². The van der Waals surface area contributed by atoms with Crippen LogP contribution in [0.3, 0.4) is 0 Å². The van der Waals surface area contributed by atoms with Crippen molar-refractivity contribution in [3.8, 4) is 0 Å². The Morgan fingerprint density at radius 1 is 1.17 bits per heavy atom. The number of H-pyrrole nitrogens is 1. The lowest BCUT2D eigenvalue weighted by atomic mass is 10.0. The zero-order chi connectivity index (χ0) is 20.4. The van der Waals surface area contributed by atoms with E-state index in [1.54, 1.807) is 4.90 Å². The Morgan fingerprint density at radius 3 is 2.62 bits per heavy atom. The van der Waals surface area contributed by atoms with Crippen LogP contribution in [0.15, 0.2) is 59.4 Å². The smallest absolute Gasteiger partial charge is 0.256 e. The van der Waals surface area contributed by atoms with Gasteiger partial charge in [0.2, 0.25) is 5.91 Å². The number of aromatic nitrogens is 2. The molecule has 2 heterocycles. The van der Waals surface area contributed by atoms with Crippen LogP contribution in [0.25, 0.3) is 0 Å². The van der Waals surface area contributed by atoms with Crippen molar-refractivity contribution in [2.24, 2.45) is 0 Å². The molecular weight excluding hydrogens is 386 g/mol. The van der Waals surface area contributed by atoms with Crippen molar-refractivity contribution in [1.82, 2.24) is 14.9 Å². The molecule has 0 fully saturated rings. The van der Waals surface area contributed by atoms with E-state index in [9.17, 15) is 9.59 Å². The minimum Gasteiger partial charge on any atom is -0.336 e. The number of hydrogen-bond donors (Lipinski definition) is 1. The highest BCUT2D eigenvalue weighted by molar-refractivity contribution is 6.30. The highest BCUT2D eigenvalue weighted by Crippen LogP contribution is 2.25. The first-order valence-electron chi connectivity index (χ1n) is 9.65. The second kappa shape index (κ2) is 8.21. The number of aryl methyl sites for hydroxylation is 1. The first-order chi connectivity index (χ1) is 14.0. The molecule has 0 saturated carbocycles. The summed E-state index contributed by atoms with van der Waals surface area (Å²) in [5.74, 6) is 0.462. The number of nitrogens with one attached hydrogen (secondary N) is 1. The summed E-state index contributed by atoms with van der Waals surface area (Å²) >= 11 is 6.39. The van der Waals surface area contributed by atoms with Crippen LogP contribution in [0.2, 0.25) is 0 Å². The van der Waals surface area contributed by atoms with Crippen LogP contribution < -0.4 is 5.56 Å². The average molecular weight is 408 g/mol. The third-order valence-corrected chi connectivity index (χ3v) is 5.67. The monoisotopic (exact) mass is 407 g/mol. The number of nitrogens with zero attached hydrogens (tertiary/aromatic N) is 2. The van der Waals surface area contributed by atoms with Crippen molar-refractivity contribution in [2.45, 2.75) is 31.7 Å². The summed E-state index contributed by atoms with van der Waals surface area (Å²) in [7, 11) is 0. The Balaban J connectivity index is 1.52. The summed E-state index contributed by atoms with van der Waals surface area (Å²) in [4.78, 5) is 34.7. The molecule has 0 saturated heterocycles. The highest BCUT2D eigenvalue weighted by atomic mass is 35.5. The van der Waals surface area contributed by atoms with Gasteiger partial charge in [-0.25, -0.2) is 4.98 Å². The van der Waals surface area contributed by atoms with E-state index in [-0.39, 0.29) is 18.0 Å². The molecule has 0 spiro atoms. The topological polar surface area (TPSA) is 66.1 Å². The summed E-state index contributed by atoms with van der Waals surface area (Å²) in [6.07, 6.45) is 1.12. The van der Waals surface area contributed by atoms with Crippen LogP contribution in [-0.4, -0.2) is 27.3 Å². The number of benzene rings is 2. The van der Waals surface area contributed by atoms with Crippen molar-refractivity contribution in [2.75, 3.05) is 6.54 Å². The summed E-state index contributed by atoms with van der Waals surface area (Å²) in [5, 5.41) is -0.759. The summed E-state index contributed by atoms with van der Waals surface area (Å²) < 4.78 is 0. The molecule has 29 heavy (non-hydrogen) atoms. The van der Waals surface area contributed by atoms with E-state index in [0.29, 0.717) is 30.8 Å². The second-order valence-electron chi connectivity index (χ2n) is 7.38. The number of carbonyl (C=O) groups is 1. The van der Waals surface area contributed by atoms with Crippen LogP contribution in [0, 0.1) is 6.92 Å². The lowest BCUT2D eigenvalue weighted by molar-refractivity contribution is -0.131. The standard InChI is InChI=1S/C23H22ClN3O2/c1-15-7-9-16(10-8-15)13-20-25-19-11-12-27(14-18(19)22(28)26-20)23(29)21(24)17-5-3-2-4-6-17/h2-10,21H,11-14H2,1H3,(H,25,26,28)/t21-/m1/s1. The third kappa shape index (κ3) is 4.25. The minimum absolute atomic E-state index is 0.180. The molecule has 2 aromatic carbocycles. The molecule has 0 unspecified atom stereocenters. The van der Waals surface area contributed by atoms with Gasteiger partial charge in [-0.05, 0) is 18.1 Å². The summed E-state index contributed by atoms with van der Waals surface area (Å²) in [5.41, 5.74) is 4.18. The Hall–Kier alpha value is -2.92. The van der Waals surface area contributed by atoms with Gasteiger partial charge in [-0.2, -0.15) is 0 Å². The normalized spacial score (nSPS) is 14.3. The Labute approximate surface area is 174 Å². The molecule has 0 radical (unpaired) electrons. The molecule has 0 bridgehead atoms. The number of fused-ring (bicyclic) bond motifs is 1. The highest BCUT2D eigenvalue weighted by Gasteiger charge is 2.29. The minimum atomic E-state index is -0.759. The molecule has 5 nitrogen and oxygen atoms in total. The van der Waals surface area contributed by atoms with E-state index in [1.807, 2.05) is 61.5 Å². The molecule has 6 heteroatoms. The number of aromatic amines is 1. The van der Waals surface area contributed by atoms with Gasteiger partial charge in [0.15, 0.2) is 0 Å². The zero-order valence-corrected chi connectivity index (χ0v) is 16.9. The van der Waals surface area contributed by atoms with Crippen LogP contribution in [0.5, 0.6) is 0 Å². The first-order valence-corrected chi connectivity index (χ1v) is 10.1. The van der Waals surface area contributed by atoms with Gasteiger partial charge in [0, 0.05) is 19.4 Å². The zero-order valence-electron chi connectivity index (χ0n) is 16.2. The second-order valence-corrected chi connectivity index (χ2v) is 7.82. The molecule has 3 aromatic rings. The Kier molecular flexibility index (Phi) is 5.49. The molecule has 0 aliphatic carbocycles. The lowest BCUT2D eigenvalue weighted by Crippen LogP contribution is -2.41. The molecule has 148 valence electrons. The molecule has 1 aliphatic rings. The van der Waals surface area contributed by atoms with Gasteiger partial charge < -0.3 is 9.88 Å². The Morgan fingerprint density at radius 2 is 1.90 bits per heavy atom. The van der Waals surface area contributed by atoms with Crippen molar-refractivity contribution < 1.29 is 4.79 Å². The van der Waals surface area contributed by atoms with Crippen molar-refractivity contribution in [3.63, 3.8) is 0 Å². The van der Waals surface area contributed by atoms with E-state index in [2.05, 4.69) is 9.97 Å². The van der Waals surface area contributed by atoms with Gasteiger partial charge in [-0.1, -0.05) is 60.2 Å². The summed E-state index contributed by atoms with van der Waals surface area (Å²) in [6.45, 7) is 2.78. The molecular formula is C23H22ClN3O2. The van der Waals surface area contributed by atoms with Gasteiger partial charge in [0.1, 0.15) is 11.2 Å². The maximum atomic E-state index is 12.8.